The fourth-order valence-electron chi connectivity index (χ4n) is 1.36. The average molecular weight is 284 g/mol. The molecule has 0 amide bonds. The van der Waals surface area contributed by atoms with Crippen LogP contribution in [0.25, 0.3) is 0 Å². The second-order valence-electron chi connectivity index (χ2n) is 3.64. The maximum Gasteiger partial charge on any atom is 0.266 e. The summed E-state index contributed by atoms with van der Waals surface area (Å²) in [5.41, 5.74) is 4.03. The number of hydrazine groups is 1. The third-order valence-corrected chi connectivity index (χ3v) is 4.68. The summed E-state index contributed by atoms with van der Waals surface area (Å²) in [4.78, 5) is 10.4. The molecule has 0 unspecified atom stereocenters. The molecular weight excluding hydrogens is 272 g/mol. The highest BCUT2D eigenvalue weighted by Gasteiger charge is 2.14. The third kappa shape index (κ3) is 3.03. The molecule has 0 fully saturated rings. The Morgan fingerprint density at radius 2 is 1.89 bits per heavy atom. The van der Waals surface area contributed by atoms with Crippen molar-refractivity contribution in [1.82, 2.24) is 14.8 Å². The van der Waals surface area contributed by atoms with Gasteiger partial charge in [0.15, 0.2) is 0 Å². The van der Waals surface area contributed by atoms with Crippen LogP contribution in [0.5, 0.6) is 0 Å². The fourth-order valence-corrected chi connectivity index (χ4v) is 3.19. The van der Waals surface area contributed by atoms with E-state index in [4.69, 9.17) is 0 Å². The molecule has 96 valence electrons. The van der Waals surface area contributed by atoms with Gasteiger partial charge in [-0.05, 0) is 31.4 Å². The van der Waals surface area contributed by atoms with Gasteiger partial charge in [0.05, 0.1) is 0 Å². The molecule has 0 atom stereocenters. The molecule has 0 saturated heterocycles. The zero-order chi connectivity index (χ0) is 13.2. The second-order valence-corrected chi connectivity index (χ2v) is 6.49. The minimum Gasteiger partial charge on any atom is -0.276 e. The standard InChI is InChI=1S/C10H12N4O2S2/c1-7-6-8(2)12-10(11-7)13-14-18(15,16)9-4-3-5-17-9/h3-6,14H,1-2H3,(H,11,12,13). The predicted molar refractivity (Wildman–Crippen MR) is 69.8 cm³/mol. The first kappa shape index (κ1) is 12.9. The van der Waals surface area contributed by atoms with Gasteiger partial charge in [-0.25, -0.2) is 18.4 Å². The van der Waals surface area contributed by atoms with Gasteiger partial charge >= 0.3 is 0 Å². The molecule has 6 nitrogen and oxygen atoms in total. The van der Waals surface area contributed by atoms with Gasteiger partial charge in [-0.1, -0.05) is 6.07 Å². The maximum atomic E-state index is 11.8. The zero-order valence-electron chi connectivity index (χ0n) is 9.84. The summed E-state index contributed by atoms with van der Waals surface area (Å²) in [5.74, 6) is 0.229. The Labute approximate surface area is 109 Å². The first-order valence-electron chi connectivity index (χ1n) is 5.11. The fraction of sp³-hybridized carbons (Fsp3) is 0.200. The van der Waals surface area contributed by atoms with Gasteiger partial charge in [0.25, 0.3) is 10.0 Å². The Morgan fingerprint density at radius 1 is 1.22 bits per heavy atom. The van der Waals surface area contributed by atoms with Crippen LogP contribution in [0.15, 0.2) is 27.8 Å². The lowest BCUT2D eigenvalue weighted by Crippen LogP contribution is -2.30. The largest absolute Gasteiger partial charge is 0.276 e. The molecule has 2 rings (SSSR count). The molecule has 0 aromatic carbocycles. The number of anilines is 1. The number of nitrogens with zero attached hydrogens (tertiary/aromatic N) is 2. The van der Waals surface area contributed by atoms with Gasteiger partial charge < -0.3 is 0 Å². The number of aromatic nitrogens is 2. The molecule has 0 aliphatic heterocycles. The highest BCUT2D eigenvalue weighted by atomic mass is 32.2. The van der Waals surface area contributed by atoms with Gasteiger partial charge in [-0.3, -0.25) is 5.43 Å². The highest BCUT2D eigenvalue weighted by molar-refractivity contribution is 7.91. The lowest BCUT2D eigenvalue weighted by molar-refractivity contribution is 0.589. The molecule has 0 aliphatic rings. The molecule has 8 heteroatoms. The lowest BCUT2D eigenvalue weighted by Gasteiger charge is -2.07. The van der Waals surface area contributed by atoms with E-state index in [0.717, 1.165) is 22.7 Å². The molecule has 0 radical (unpaired) electrons. The summed E-state index contributed by atoms with van der Waals surface area (Å²) in [7, 11) is -3.56. The van der Waals surface area contributed by atoms with Gasteiger partial charge in [0, 0.05) is 11.4 Å². The third-order valence-electron chi connectivity index (χ3n) is 2.04. The summed E-state index contributed by atoms with van der Waals surface area (Å²) in [6.07, 6.45) is 0. The second kappa shape index (κ2) is 5.01. The van der Waals surface area contributed by atoms with Crippen LogP contribution in [0.3, 0.4) is 0 Å². The van der Waals surface area contributed by atoms with Crippen molar-refractivity contribution in [3.05, 3.63) is 35.0 Å². The molecule has 0 saturated carbocycles. The Morgan fingerprint density at radius 3 is 2.44 bits per heavy atom. The van der Waals surface area contributed by atoms with E-state index in [1.54, 1.807) is 17.5 Å². The van der Waals surface area contributed by atoms with Crippen molar-refractivity contribution in [3.63, 3.8) is 0 Å². The van der Waals surface area contributed by atoms with Crippen molar-refractivity contribution in [3.8, 4) is 0 Å². The van der Waals surface area contributed by atoms with Crippen LogP contribution in [0.1, 0.15) is 11.4 Å². The van der Waals surface area contributed by atoms with E-state index in [1.165, 1.54) is 6.07 Å². The van der Waals surface area contributed by atoms with Crippen LogP contribution in [0.4, 0.5) is 5.95 Å². The predicted octanol–water partition coefficient (Wildman–Crippen LogP) is 1.46. The van der Waals surface area contributed by atoms with Crippen LogP contribution in [0.2, 0.25) is 0 Å². The van der Waals surface area contributed by atoms with E-state index in [0.29, 0.717) is 0 Å². The van der Waals surface area contributed by atoms with Crippen LogP contribution >= 0.6 is 11.3 Å². The first-order chi connectivity index (χ1) is 8.47. The minimum atomic E-state index is -3.56. The molecule has 2 aromatic heterocycles. The molecule has 18 heavy (non-hydrogen) atoms. The number of rotatable bonds is 4. The monoisotopic (exact) mass is 284 g/mol. The van der Waals surface area contributed by atoms with Crippen LogP contribution in [-0.2, 0) is 10.0 Å². The smallest absolute Gasteiger partial charge is 0.266 e. The lowest BCUT2D eigenvalue weighted by atomic mass is 10.4. The summed E-state index contributed by atoms with van der Waals surface area (Å²) in [6.45, 7) is 3.63. The van der Waals surface area contributed by atoms with E-state index in [2.05, 4.69) is 20.2 Å². The van der Waals surface area contributed by atoms with E-state index in [1.807, 2.05) is 13.8 Å². The van der Waals surface area contributed by atoms with Crippen molar-refractivity contribution in [1.29, 1.82) is 0 Å². The molecule has 0 spiro atoms. The Balaban J connectivity index is 2.12. The van der Waals surface area contributed by atoms with Gasteiger partial charge in [-0.15, -0.1) is 16.2 Å². The minimum absolute atomic E-state index is 0.229. The summed E-state index contributed by atoms with van der Waals surface area (Å²) in [5, 5.41) is 1.70. The number of hydrogen-bond donors (Lipinski definition) is 2. The zero-order valence-corrected chi connectivity index (χ0v) is 11.5. The molecule has 0 bridgehead atoms. The Hall–Kier alpha value is -1.51. The number of hydrogen-bond acceptors (Lipinski definition) is 6. The van der Waals surface area contributed by atoms with Crippen molar-refractivity contribution in [2.24, 2.45) is 0 Å². The topological polar surface area (TPSA) is 84.0 Å². The van der Waals surface area contributed by atoms with E-state index in [9.17, 15) is 8.42 Å². The van der Waals surface area contributed by atoms with Crippen molar-refractivity contribution >= 4 is 27.3 Å². The maximum absolute atomic E-state index is 11.8. The number of nitrogens with one attached hydrogen (secondary N) is 2. The van der Waals surface area contributed by atoms with Crippen LogP contribution < -0.4 is 10.3 Å². The van der Waals surface area contributed by atoms with E-state index < -0.39 is 10.0 Å². The molecule has 2 heterocycles. The van der Waals surface area contributed by atoms with E-state index in [-0.39, 0.29) is 10.2 Å². The average Bonchev–Trinajstić information content (AvgIpc) is 2.79. The Bertz CT molecular complexity index is 618. The molecule has 2 N–H and O–H groups in total. The molecular formula is C10H12N4O2S2. The van der Waals surface area contributed by atoms with Gasteiger partial charge in [0.1, 0.15) is 4.21 Å². The summed E-state index contributed by atoms with van der Waals surface area (Å²) in [6, 6.07) is 5.00. The molecule has 0 aliphatic carbocycles. The highest BCUT2D eigenvalue weighted by Crippen LogP contribution is 2.15. The van der Waals surface area contributed by atoms with Crippen molar-refractivity contribution in [2.45, 2.75) is 18.1 Å². The van der Waals surface area contributed by atoms with Crippen molar-refractivity contribution in [2.75, 3.05) is 5.43 Å². The Kier molecular flexibility index (Phi) is 3.60. The molecule has 2 aromatic rings. The number of aryl methyl sites for hydroxylation is 2. The number of sulfonamides is 1. The number of thiophene rings is 1. The van der Waals surface area contributed by atoms with E-state index >= 15 is 0 Å². The summed E-state index contributed by atoms with van der Waals surface area (Å²) >= 11 is 1.14. The van der Waals surface area contributed by atoms with Crippen molar-refractivity contribution < 1.29 is 8.42 Å². The summed E-state index contributed by atoms with van der Waals surface area (Å²) < 4.78 is 23.9. The first-order valence-corrected chi connectivity index (χ1v) is 7.47. The van der Waals surface area contributed by atoms with Crippen LogP contribution in [0, 0.1) is 13.8 Å². The SMILES string of the molecule is Cc1cc(C)nc(NNS(=O)(=O)c2cccs2)n1. The van der Waals surface area contributed by atoms with Gasteiger partial charge in [-0.2, -0.15) is 0 Å². The quantitative estimate of drug-likeness (QED) is 0.830. The normalized spacial score (nSPS) is 11.4. The van der Waals surface area contributed by atoms with Gasteiger partial charge in [0.2, 0.25) is 5.95 Å². The van der Waals surface area contributed by atoms with Crippen LogP contribution in [-0.4, -0.2) is 18.4 Å².